The van der Waals surface area contributed by atoms with E-state index < -0.39 is 0 Å². The number of hydrogen-bond donors (Lipinski definition) is 3. The van der Waals surface area contributed by atoms with Crippen LogP contribution in [0.5, 0.6) is 0 Å². The molecule has 1 aromatic rings. The van der Waals surface area contributed by atoms with Crippen LogP contribution < -0.4 is 16.0 Å². The lowest BCUT2D eigenvalue weighted by Crippen LogP contribution is -2.48. The monoisotopic (exact) mass is 505 g/mol. The van der Waals surface area contributed by atoms with E-state index in [0.717, 1.165) is 19.0 Å². The minimum absolute atomic E-state index is 0. The van der Waals surface area contributed by atoms with Crippen LogP contribution >= 0.6 is 24.0 Å². The minimum Gasteiger partial charge on any atom is -0.355 e. The number of guanidine groups is 1. The second-order valence-corrected chi connectivity index (χ2v) is 7.49. The summed E-state index contributed by atoms with van der Waals surface area (Å²) in [6.45, 7) is 11.4. The third-order valence-electron chi connectivity index (χ3n) is 5.05. The molecule has 0 aliphatic carbocycles. The van der Waals surface area contributed by atoms with Gasteiger partial charge in [-0.05, 0) is 44.4 Å². The van der Waals surface area contributed by atoms with E-state index in [4.69, 9.17) is 0 Å². The molecule has 2 rings (SSSR count). The van der Waals surface area contributed by atoms with E-state index in [1.807, 2.05) is 0 Å². The van der Waals surface area contributed by atoms with Gasteiger partial charge in [0.25, 0.3) is 5.91 Å². The summed E-state index contributed by atoms with van der Waals surface area (Å²) >= 11 is 0. The van der Waals surface area contributed by atoms with Gasteiger partial charge in [-0.3, -0.25) is 14.7 Å². The number of carbonyl (C=O) groups excluding carboxylic acids is 1. The molecular formula is C20H33FIN5O. The van der Waals surface area contributed by atoms with Crippen molar-refractivity contribution in [2.75, 3.05) is 33.2 Å². The first-order valence-electron chi connectivity index (χ1n) is 9.57. The lowest BCUT2D eigenvalue weighted by atomic mass is 10.1. The molecule has 0 spiro atoms. The topological polar surface area (TPSA) is 68.8 Å². The van der Waals surface area contributed by atoms with Gasteiger partial charge in [0.1, 0.15) is 5.82 Å². The predicted molar refractivity (Wildman–Crippen MR) is 123 cm³/mol. The zero-order chi connectivity index (χ0) is 20.0. The van der Waals surface area contributed by atoms with E-state index in [0.29, 0.717) is 42.2 Å². The summed E-state index contributed by atoms with van der Waals surface area (Å²) in [6.07, 6.45) is 0. The highest BCUT2D eigenvalue weighted by Gasteiger charge is 2.31. The smallest absolute Gasteiger partial charge is 0.251 e. The van der Waals surface area contributed by atoms with Gasteiger partial charge >= 0.3 is 0 Å². The third kappa shape index (κ3) is 6.88. The van der Waals surface area contributed by atoms with E-state index in [2.05, 4.69) is 46.6 Å². The fourth-order valence-electron chi connectivity index (χ4n) is 3.18. The molecule has 158 valence electrons. The summed E-state index contributed by atoms with van der Waals surface area (Å²) in [4.78, 5) is 18.8. The summed E-state index contributed by atoms with van der Waals surface area (Å²) in [5.74, 6) is 0.623. The molecule has 8 heteroatoms. The SMILES string of the molecule is CN=C(NCCNC(=O)c1ccc(C)c(F)c1)NC1CN(C(C)C)CC1C.I. The Balaban J connectivity index is 0.00000392. The van der Waals surface area contributed by atoms with Crippen LogP contribution in [-0.2, 0) is 0 Å². The number of rotatable bonds is 6. The van der Waals surface area contributed by atoms with Crippen molar-refractivity contribution >= 4 is 35.8 Å². The maximum absolute atomic E-state index is 13.6. The van der Waals surface area contributed by atoms with Gasteiger partial charge in [0.15, 0.2) is 5.96 Å². The zero-order valence-corrected chi connectivity index (χ0v) is 19.7. The van der Waals surface area contributed by atoms with Crippen LogP contribution in [-0.4, -0.2) is 62.1 Å². The molecule has 1 aromatic carbocycles. The molecular weight excluding hydrogens is 472 g/mol. The third-order valence-corrected chi connectivity index (χ3v) is 5.05. The van der Waals surface area contributed by atoms with Crippen molar-refractivity contribution in [3.63, 3.8) is 0 Å². The Bertz CT molecular complexity index is 683. The number of hydrogen-bond acceptors (Lipinski definition) is 3. The summed E-state index contributed by atoms with van der Waals surface area (Å²) in [7, 11) is 1.74. The number of benzene rings is 1. The van der Waals surface area contributed by atoms with Gasteiger partial charge in [-0.2, -0.15) is 0 Å². The van der Waals surface area contributed by atoms with Gasteiger partial charge in [-0.25, -0.2) is 4.39 Å². The predicted octanol–water partition coefficient (Wildman–Crippen LogP) is 2.38. The van der Waals surface area contributed by atoms with Crippen molar-refractivity contribution in [3.05, 3.63) is 35.1 Å². The number of nitrogens with zero attached hydrogens (tertiary/aromatic N) is 2. The van der Waals surface area contributed by atoms with Crippen LogP contribution in [0.15, 0.2) is 23.2 Å². The second-order valence-electron chi connectivity index (χ2n) is 7.49. The fourth-order valence-corrected chi connectivity index (χ4v) is 3.18. The number of nitrogens with one attached hydrogen (secondary N) is 3. The first-order chi connectivity index (χ1) is 12.8. The highest BCUT2D eigenvalue weighted by atomic mass is 127. The molecule has 1 fully saturated rings. The number of aryl methyl sites for hydroxylation is 1. The summed E-state index contributed by atoms with van der Waals surface area (Å²) in [5, 5.41) is 9.48. The molecule has 6 nitrogen and oxygen atoms in total. The highest BCUT2D eigenvalue weighted by Crippen LogP contribution is 2.18. The van der Waals surface area contributed by atoms with Crippen molar-refractivity contribution in [2.24, 2.45) is 10.9 Å². The molecule has 3 N–H and O–H groups in total. The Labute approximate surface area is 184 Å². The fraction of sp³-hybridized carbons (Fsp3) is 0.600. The van der Waals surface area contributed by atoms with E-state index in [9.17, 15) is 9.18 Å². The normalized spacial score (nSPS) is 20.0. The number of aliphatic imine (C=N–C) groups is 1. The van der Waals surface area contributed by atoms with Gasteiger partial charge in [-0.1, -0.05) is 13.0 Å². The van der Waals surface area contributed by atoms with Gasteiger partial charge in [0, 0.05) is 50.9 Å². The molecule has 1 heterocycles. The molecule has 1 saturated heterocycles. The Morgan fingerprint density at radius 1 is 1.29 bits per heavy atom. The lowest BCUT2D eigenvalue weighted by Gasteiger charge is -2.22. The van der Waals surface area contributed by atoms with Crippen molar-refractivity contribution in [3.8, 4) is 0 Å². The second kappa shape index (κ2) is 11.5. The quantitative estimate of drug-likeness (QED) is 0.241. The first-order valence-corrected chi connectivity index (χ1v) is 9.57. The Kier molecular flexibility index (Phi) is 10.2. The van der Waals surface area contributed by atoms with Gasteiger partial charge in [0.05, 0.1) is 0 Å². The van der Waals surface area contributed by atoms with E-state index in [1.165, 1.54) is 6.07 Å². The molecule has 2 unspecified atom stereocenters. The van der Waals surface area contributed by atoms with Gasteiger partial charge in [0.2, 0.25) is 0 Å². The van der Waals surface area contributed by atoms with Crippen molar-refractivity contribution in [2.45, 2.75) is 39.8 Å². The maximum atomic E-state index is 13.6. The van der Waals surface area contributed by atoms with Crippen molar-refractivity contribution in [1.29, 1.82) is 0 Å². The molecule has 0 aromatic heterocycles. The van der Waals surface area contributed by atoms with Crippen molar-refractivity contribution < 1.29 is 9.18 Å². The van der Waals surface area contributed by atoms with Crippen LogP contribution in [0.25, 0.3) is 0 Å². The Morgan fingerprint density at radius 3 is 2.54 bits per heavy atom. The Morgan fingerprint density at radius 2 is 1.96 bits per heavy atom. The van der Waals surface area contributed by atoms with Crippen LogP contribution in [0.1, 0.15) is 36.7 Å². The number of likely N-dealkylation sites (tertiary alicyclic amines) is 1. The summed E-state index contributed by atoms with van der Waals surface area (Å²) < 4.78 is 13.6. The number of halogens is 2. The van der Waals surface area contributed by atoms with Crippen LogP contribution in [0.4, 0.5) is 4.39 Å². The highest BCUT2D eigenvalue weighted by molar-refractivity contribution is 14.0. The van der Waals surface area contributed by atoms with Crippen molar-refractivity contribution in [1.82, 2.24) is 20.9 Å². The van der Waals surface area contributed by atoms with Gasteiger partial charge < -0.3 is 16.0 Å². The molecule has 28 heavy (non-hydrogen) atoms. The molecule has 1 aliphatic heterocycles. The van der Waals surface area contributed by atoms with E-state index in [1.54, 1.807) is 26.1 Å². The summed E-state index contributed by atoms with van der Waals surface area (Å²) in [6, 6.07) is 5.39. The van der Waals surface area contributed by atoms with E-state index >= 15 is 0 Å². The van der Waals surface area contributed by atoms with E-state index in [-0.39, 0.29) is 35.7 Å². The molecule has 1 amide bonds. The molecule has 0 saturated carbocycles. The lowest BCUT2D eigenvalue weighted by molar-refractivity contribution is 0.0954. The number of carbonyl (C=O) groups is 1. The number of amides is 1. The van der Waals surface area contributed by atoms with Gasteiger partial charge in [-0.15, -0.1) is 24.0 Å². The minimum atomic E-state index is -0.369. The standard InChI is InChI=1S/C20H32FN5O.HI/c1-13(2)26-11-15(4)18(12-26)25-20(22-5)24-9-8-23-19(27)16-7-6-14(3)17(21)10-16;/h6-7,10,13,15,18H,8-9,11-12H2,1-5H3,(H,23,27)(H2,22,24,25);1H. The molecule has 2 atom stereocenters. The Hall–Kier alpha value is -1.42. The first kappa shape index (κ1) is 24.6. The molecule has 0 radical (unpaired) electrons. The van der Waals surface area contributed by atoms with Crippen LogP contribution in [0.3, 0.4) is 0 Å². The molecule has 0 bridgehead atoms. The average Bonchev–Trinajstić information content (AvgIpc) is 3.00. The van der Waals surface area contributed by atoms with Crippen LogP contribution in [0, 0.1) is 18.7 Å². The summed E-state index contributed by atoms with van der Waals surface area (Å²) in [5.41, 5.74) is 0.856. The molecule has 1 aliphatic rings. The van der Waals surface area contributed by atoms with Crippen LogP contribution in [0.2, 0.25) is 0 Å². The largest absolute Gasteiger partial charge is 0.355 e. The average molecular weight is 505 g/mol. The zero-order valence-electron chi connectivity index (χ0n) is 17.4. The maximum Gasteiger partial charge on any atom is 0.251 e.